The zero-order valence-corrected chi connectivity index (χ0v) is 16.1. The SMILES string of the molecule is O=C(O)c1cc(N2C(=O)[C@H]3[C@@H]4C[C@@H]([C@@H](Br)[C@H]4Br)[C@@H]3C2=O)ccc1Cl. The molecule has 8 heteroatoms. The van der Waals surface area contributed by atoms with Gasteiger partial charge in [-0.2, -0.15) is 0 Å². The van der Waals surface area contributed by atoms with Gasteiger partial charge in [-0.05, 0) is 36.5 Å². The van der Waals surface area contributed by atoms with Crippen LogP contribution in [0.15, 0.2) is 18.2 Å². The lowest BCUT2D eigenvalue weighted by Crippen LogP contribution is -2.37. The summed E-state index contributed by atoms with van der Waals surface area (Å²) in [6.45, 7) is 0. The maximum absolute atomic E-state index is 12.9. The van der Waals surface area contributed by atoms with Gasteiger partial charge < -0.3 is 5.11 Å². The first kappa shape index (κ1) is 16.5. The molecule has 1 aliphatic heterocycles. The monoisotopic (exact) mass is 475 g/mol. The molecule has 1 aromatic rings. The fraction of sp³-hybridized carbons (Fsp3) is 0.438. The number of carboxylic acid groups (broad SMARTS) is 1. The molecule has 1 aromatic carbocycles. The average molecular weight is 478 g/mol. The van der Waals surface area contributed by atoms with Crippen molar-refractivity contribution in [2.45, 2.75) is 16.1 Å². The van der Waals surface area contributed by atoms with Crippen molar-refractivity contribution in [1.29, 1.82) is 0 Å². The highest BCUT2D eigenvalue weighted by Gasteiger charge is 2.66. The van der Waals surface area contributed by atoms with Crippen LogP contribution in [0.25, 0.3) is 0 Å². The molecule has 0 radical (unpaired) electrons. The molecule has 0 unspecified atom stereocenters. The number of fused-ring (bicyclic) bond motifs is 5. The van der Waals surface area contributed by atoms with E-state index in [1.807, 2.05) is 0 Å². The van der Waals surface area contributed by atoms with Crippen LogP contribution in [0.5, 0.6) is 0 Å². The van der Waals surface area contributed by atoms with Crippen LogP contribution in [-0.2, 0) is 9.59 Å². The molecular weight excluding hydrogens is 465 g/mol. The third-order valence-corrected chi connectivity index (χ3v) is 8.96. The number of carboxylic acids is 1. The van der Waals surface area contributed by atoms with E-state index in [9.17, 15) is 19.5 Å². The molecular formula is C16H12Br2ClNO4. The molecule has 2 bridgehead atoms. The Balaban J connectivity index is 1.74. The predicted molar refractivity (Wildman–Crippen MR) is 94.9 cm³/mol. The number of imide groups is 1. The lowest BCUT2D eigenvalue weighted by atomic mass is 9.81. The average Bonchev–Trinajstić information content (AvgIpc) is 3.13. The van der Waals surface area contributed by atoms with Gasteiger partial charge in [0.05, 0.1) is 28.1 Å². The molecule has 2 saturated carbocycles. The van der Waals surface area contributed by atoms with Crippen LogP contribution >= 0.6 is 43.5 Å². The Morgan fingerprint density at radius 1 is 1.12 bits per heavy atom. The number of benzene rings is 1. The number of rotatable bonds is 2. The highest BCUT2D eigenvalue weighted by Crippen LogP contribution is 2.60. The number of alkyl halides is 2. The Morgan fingerprint density at radius 3 is 2.17 bits per heavy atom. The zero-order chi connectivity index (χ0) is 17.3. The number of halogens is 3. The lowest BCUT2D eigenvalue weighted by molar-refractivity contribution is -0.123. The number of amides is 2. The van der Waals surface area contributed by atoms with E-state index in [0.29, 0.717) is 0 Å². The van der Waals surface area contributed by atoms with Crippen molar-refractivity contribution >= 4 is 66.9 Å². The summed E-state index contributed by atoms with van der Waals surface area (Å²) in [6, 6.07) is 4.22. The fourth-order valence-electron chi connectivity index (χ4n) is 4.42. The van der Waals surface area contributed by atoms with Gasteiger partial charge in [-0.1, -0.05) is 43.5 Å². The summed E-state index contributed by atoms with van der Waals surface area (Å²) in [5.74, 6) is -2.08. The van der Waals surface area contributed by atoms with Crippen molar-refractivity contribution in [3.8, 4) is 0 Å². The van der Waals surface area contributed by atoms with Gasteiger partial charge in [0.25, 0.3) is 0 Å². The van der Waals surface area contributed by atoms with Crippen molar-refractivity contribution in [1.82, 2.24) is 0 Å². The Morgan fingerprint density at radius 2 is 1.67 bits per heavy atom. The number of hydrogen-bond donors (Lipinski definition) is 1. The molecule has 1 saturated heterocycles. The molecule has 3 fully saturated rings. The van der Waals surface area contributed by atoms with Gasteiger partial charge >= 0.3 is 5.97 Å². The van der Waals surface area contributed by atoms with E-state index in [-0.39, 0.29) is 61.4 Å². The second kappa shape index (κ2) is 5.54. The van der Waals surface area contributed by atoms with Crippen molar-refractivity contribution in [2.75, 3.05) is 4.90 Å². The van der Waals surface area contributed by atoms with Crippen LogP contribution in [0.4, 0.5) is 5.69 Å². The topological polar surface area (TPSA) is 74.7 Å². The molecule has 24 heavy (non-hydrogen) atoms. The smallest absolute Gasteiger partial charge is 0.337 e. The number of hydrogen-bond acceptors (Lipinski definition) is 3. The van der Waals surface area contributed by atoms with E-state index in [1.165, 1.54) is 18.2 Å². The number of anilines is 1. The maximum Gasteiger partial charge on any atom is 0.337 e. The van der Waals surface area contributed by atoms with Gasteiger partial charge in [0.2, 0.25) is 11.8 Å². The van der Waals surface area contributed by atoms with Gasteiger partial charge in [0.1, 0.15) is 0 Å². The van der Waals surface area contributed by atoms with Crippen LogP contribution < -0.4 is 4.90 Å². The predicted octanol–water partition coefficient (Wildman–Crippen LogP) is 3.32. The first-order valence-corrected chi connectivity index (χ1v) is 9.72. The molecule has 4 rings (SSSR count). The first-order chi connectivity index (χ1) is 11.3. The summed E-state index contributed by atoms with van der Waals surface area (Å²) in [6.07, 6.45) is 0.855. The van der Waals surface area contributed by atoms with Gasteiger partial charge in [0.15, 0.2) is 0 Å². The van der Waals surface area contributed by atoms with Gasteiger partial charge in [-0.15, -0.1) is 0 Å². The van der Waals surface area contributed by atoms with E-state index in [0.717, 1.165) is 11.3 Å². The van der Waals surface area contributed by atoms with Crippen molar-refractivity contribution in [3.05, 3.63) is 28.8 Å². The molecule has 5 nitrogen and oxygen atoms in total. The van der Waals surface area contributed by atoms with Gasteiger partial charge in [-0.3, -0.25) is 14.5 Å². The highest BCUT2D eigenvalue weighted by molar-refractivity contribution is 9.12. The molecule has 2 aliphatic carbocycles. The lowest BCUT2D eigenvalue weighted by Gasteiger charge is -2.28. The normalized spacial score (nSPS) is 37.2. The minimum Gasteiger partial charge on any atom is -0.478 e. The third-order valence-electron chi connectivity index (χ3n) is 5.43. The Labute approximate surface area is 159 Å². The summed E-state index contributed by atoms with van der Waals surface area (Å²) < 4.78 is 0. The van der Waals surface area contributed by atoms with Crippen LogP contribution in [-0.4, -0.2) is 32.5 Å². The van der Waals surface area contributed by atoms with Crippen molar-refractivity contribution in [2.24, 2.45) is 23.7 Å². The van der Waals surface area contributed by atoms with Crippen LogP contribution in [0, 0.1) is 23.7 Å². The van der Waals surface area contributed by atoms with E-state index < -0.39 is 5.97 Å². The standard InChI is InChI=1S/C16H12Br2ClNO4/c17-12-7-4-8(13(12)18)11-10(7)14(21)20(15(11)22)5-1-2-9(19)6(3-5)16(23)24/h1-3,7-8,10-13H,4H2,(H,23,24)/t7-,8+,10-,11-,12-,13+/m0/s1. The quantitative estimate of drug-likeness (QED) is 0.524. The van der Waals surface area contributed by atoms with Crippen LogP contribution in [0.1, 0.15) is 16.8 Å². The van der Waals surface area contributed by atoms with E-state index in [4.69, 9.17) is 11.6 Å². The molecule has 0 spiro atoms. The summed E-state index contributed by atoms with van der Waals surface area (Å²) in [5.41, 5.74) is 0.157. The molecule has 0 aromatic heterocycles. The Bertz CT molecular complexity index is 753. The number of carbonyl (C=O) groups is 3. The summed E-state index contributed by atoms with van der Waals surface area (Å²) in [7, 11) is 0. The van der Waals surface area contributed by atoms with E-state index in [1.54, 1.807) is 0 Å². The Hall–Kier alpha value is -0.920. The minimum atomic E-state index is -1.19. The summed E-state index contributed by atoms with van der Waals surface area (Å²) in [4.78, 5) is 38.5. The first-order valence-electron chi connectivity index (χ1n) is 7.51. The van der Waals surface area contributed by atoms with E-state index >= 15 is 0 Å². The summed E-state index contributed by atoms with van der Waals surface area (Å²) in [5, 5.41) is 9.28. The van der Waals surface area contributed by atoms with E-state index in [2.05, 4.69) is 31.9 Å². The van der Waals surface area contributed by atoms with Crippen LogP contribution in [0.2, 0.25) is 5.02 Å². The fourth-order valence-corrected chi connectivity index (χ4v) is 6.49. The number of nitrogens with zero attached hydrogens (tertiary/aromatic N) is 1. The number of aromatic carboxylic acids is 1. The molecule has 2 amide bonds. The van der Waals surface area contributed by atoms with Gasteiger partial charge in [-0.25, -0.2) is 4.79 Å². The van der Waals surface area contributed by atoms with Gasteiger partial charge in [0, 0.05) is 9.65 Å². The second-order valence-corrected chi connectivity index (χ2v) is 9.01. The summed E-state index contributed by atoms with van der Waals surface area (Å²) >= 11 is 13.2. The largest absolute Gasteiger partial charge is 0.478 e. The molecule has 1 N–H and O–H groups in total. The minimum absolute atomic E-state index is 0.0756. The zero-order valence-electron chi connectivity index (χ0n) is 12.2. The molecule has 1 heterocycles. The maximum atomic E-state index is 12.9. The Kier molecular flexibility index (Phi) is 3.82. The number of carbonyl (C=O) groups excluding carboxylic acids is 2. The second-order valence-electron chi connectivity index (χ2n) is 6.49. The highest BCUT2D eigenvalue weighted by atomic mass is 79.9. The van der Waals surface area contributed by atoms with Crippen molar-refractivity contribution < 1.29 is 19.5 Å². The molecule has 126 valence electrons. The van der Waals surface area contributed by atoms with Crippen LogP contribution in [0.3, 0.4) is 0 Å². The third kappa shape index (κ3) is 2.07. The molecule has 6 atom stereocenters. The molecule has 3 aliphatic rings. The van der Waals surface area contributed by atoms with Crippen molar-refractivity contribution in [3.63, 3.8) is 0 Å².